The van der Waals surface area contributed by atoms with Crippen LogP contribution < -0.4 is 5.32 Å². The van der Waals surface area contributed by atoms with Crippen LogP contribution in [0, 0.1) is 11.8 Å². The van der Waals surface area contributed by atoms with Crippen LogP contribution >= 0.6 is 0 Å². The third-order valence-electron chi connectivity index (χ3n) is 4.52. The van der Waals surface area contributed by atoms with Gasteiger partial charge in [-0.05, 0) is 64.1 Å². The number of hydrogen-bond donors (Lipinski definition) is 1. The molecule has 2 heteroatoms. The van der Waals surface area contributed by atoms with E-state index in [1.807, 2.05) is 0 Å². The molecule has 2 nitrogen and oxygen atoms in total. The number of hydrogen-bond acceptors (Lipinski definition) is 2. The van der Waals surface area contributed by atoms with E-state index in [1.54, 1.807) is 0 Å². The van der Waals surface area contributed by atoms with Gasteiger partial charge in [0.25, 0.3) is 0 Å². The lowest BCUT2D eigenvalue weighted by molar-refractivity contribution is 0.206. The first-order chi connectivity index (χ1) is 8.65. The summed E-state index contributed by atoms with van der Waals surface area (Å²) in [5, 5.41) is 3.60. The van der Waals surface area contributed by atoms with Gasteiger partial charge in [-0.2, -0.15) is 0 Å². The second-order valence-corrected chi connectivity index (χ2v) is 6.38. The molecule has 1 N–H and O–H groups in total. The maximum atomic E-state index is 3.60. The summed E-state index contributed by atoms with van der Waals surface area (Å²) in [5.41, 5.74) is 0. The zero-order valence-corrected chi connectivity index (χ0v) is 13.0. The summed E-state index contributed by atoms with van der Waals surface area (Å²) < 4.78 is 0. The Kier molecular flexibility index (Phi) is 7.92. The van der Waals surface area contributed by atoms with Crippen LogP contribution in [0.15, 0.2) is 0 Å². The average molecular weight is 254 g/mol. The van der Waals surface area contributed by atoms with Crippen molar-refractivity contribution in [2.24, 2.45) is 11.8 Å². The number of rotatable bonds is 7. The molecule has 0 bridgehead atoms. The molecule has 0 spiro atoms. The third-order valence-corrected chi connectivity index (χ3v) is 4.52. The molecule has 2 unspecified atom stereocenters. The van der Waals surface area contributed by atoms with Crippen molar-refractivity contribution in [1.29, 1.82) is 0 Å². The van der Waals surface area contributed by atoms with Crippen molar-refractivity contribution in [3.05, 3.63) is 0 Å². The molecular formula is C16H34N2. The minimum atomic E-state index is 0.702. The number of unbranched alkanes of at least 4 members (excludes halogenated alkanes) is 1. The summed E-state index contributed by atoms with van der Waals surface area (Å²) in [6.45, 7) is 14.4. The van der Waals surface area contributed by atoms with Crippen LogP contribution in [0.1, 0.15) is 59.8 Å². The molecular weight excluding hydrogens is 220 g/mol. The molecule has 1 fully saturated rings. The van der Waals surface area contributed by atoms with E-state index in [0.717, 1.165) is 18.4 Å². The van der Waals surface area contributed by atoms with Gasteiger partial charge in [0.05, 0.1) is 0 Å². The van der Waals surface area contributed by atoms with Crippen molar-refractivity contribution >= 4 is 0 Å². The van der Waals surface area contributed by atoms with Gasteiger partial charge >= 0.3 is 0 Å². The molecule has 0 aliphatic carbocycles. The summed E-state index contributed by atoms with van der Waals surface area (Å²) in [7, 11) is 0. The first-order valence-corrected chi connectivity index (χ1v) is 8.09. The van der Waals surface area contributed by atoms with E-state index in [9.17, 15) is 0 Å². The molecule has 2 atom stereocenters. The SMILES string of the molecule is CCCCNCC(C)N1CCCC(C(C)C)CC1. The molecule has 1 aliphatic rings. The first kappa shape index (κ1) is 16.0. The monoisotopic (exact) mass is 254 g/mol. The van der Waals surface area contributed by atoms with Gasteiger partial charge in [0.15, 0.2) is 0 Å². The van der Waals surface area contributed by atoms with Crippen molar-refractivity contribution in [3.63, 3.8) is 0 Å². The van der Waals surface area contributed by atoms with Gasteiger partial charge in [-0.3, -0.25) is 4.90 Å². The molecule has 0 saturated carbocycles. The predicted octanol–water partition coefficient (Wildman–Crippen LogP) is 3.52. The summed E-state index contributed by atoms with van der Waals surface area (Å²) in [6.07, 6.45) is 6.83. The van der Waals surface area contributed by atoms with Crippen LogP contribution in [0.4, 0.5) is 0 Å². The summed E-state index contributed by atoms with van der Waals surface area (Å²) in [5.74, 6) is 1.82. The molecule has 1 aliphatic heterocycles. The van der Waals surface area contributed by atoms with Crippen LogP contribution in [-0.2, 0) is 0 Å². The standard InChI is InChI=1S/C16H34N2/c1-5-6-10-17-13-15(4)18-11-7-8-16(9-12-18)14(2)3/h14-17H,5-13H2,1-4H3. The highest BCUT2D eigenvalue weighted by molar-refractivity contribution is 4.76. The van der Waals surface area contributed by atoms with E-state index < -0.39 is 0 Å². The van der Waals surface area contributed by atoms with Crippen LogP contribution in [0.3, 0.4) is 0 Å². The Morgan fingerprint density at radius 1 is 1.17 bits per heavy atom. The molecule has 1 heterocycles. The van der Waals surface area contributed by atoms with Gasteiger partial charge in [-0.1, -0.05) is 27.2 Å². The second kappa shape index (κ2) is 8.92. The fraction of sp³-hybridized carbons (Fsp3) is 1.00. The second-order valence-electron chi connectivity index (χ2n) is 6.38. The highest BCUT2D eigenvalue weighted by atomic mass is 15.2. The Hall–Kier alpha value is -0.0800. The minimum absolute atomic E-state index is 0.702. The highest BCUT2D eigenvalue weighted by Crippen LogP contribution is 2.25. The number of likely N-dealkylation sites (tertiary alicyclic amines) is 1. The Labute approximate surface area is 115 Å². The van der Waals surface area contributed by atoms with Crippen LogP contribution in [0.2, 0.25) is 0 Å². The maximum absolute atomic E-state index is 3.60. The third kappa shape index (κ3) is 5.71. The fourth-order valence-corrected chi connectivity index (χ4v) is 2.99. The normalized spacial score (nSPS) is 24.2. The van der Waals surface area contributed by atoms with E-state index >= 15 is 0 Å². The van der Waals surface area contributed by atoms with Gasteiger partial charge in [0.2, 0.25) is 0 Å². The van der Waals surface area contributed by atoms with Gasteiger partial charge in [0.1, 0.15) is 0 Å². The number of nitrogens with one attached hydrogen (secondary N) is 1. The first-order valence-electron chi connectivity index (χ1n) is 8.09. The lowest BCUT2D eigenvalue weighted by atomic mass is 9.89. The Morgan fingerprint density at radius 3 is 2.61 bits per heavy atom. The van der Waals surface area contributed by atoms with E-state index in [-0.39, 0.29) is 0 Å². The number of nitrogens with zero attached hydrogens (tertiary/aromatic N) is 1. The van der Waals surface area contributed by atoms with Crippen LogP contribution in [0.25, 0.3) is 0 Å². The largest absolute Gasteiger partial charge is 0.315 e. The molecule has 0 aromatic rings. The molecule has 0 amide bonds. The Bertz CT molecular complexity index is 203. The van der Waals surface area contributed by atoms with E-state index in [2.05, 4.69) is 37.9 Å². The zero-order valence-electron chi connectivity index (χ0n) is 13.0. The van der Waals surface area contributed by atoms with Gasteiger partial charge in [-0.15, -0.1) is 0 Å². The Balaban J connectivity index is 2.24. The fourth-order valence-electron chi connectivity index (χ4n) is 2.99. The molecule has 0 aromatic heterocycles. The van der Waals surface area contributed by atoms with Crippen LogP contribution in [0.5, 0.6) is 0 Å². The summed E-state index contributed by atoms with van der Waals surface area (Å²) in [6, 6.07) is 0.702. The van der Waals surface area contributed by atoms with Gasteiger partial charge < -0.3 is 5.32 Å². The molecule has 1 saturated heterocycles. The van der Waals surface area contributed by atoms with Crippen LogP contribution in [-0.4, -0.2) is 37.1 Å². The van der Waals surface area contributed by atoms with E-state index in [0.29, 0.717) is 6.04 Å². The molecule has 1 rings (SSSR count). The van der Waals surface area contributed by atoms with Gasteiger partial charge in [0, 0.05) is 12.6 Å². The van der Waals surface area contributed by atoms with Gasteiger partial charge in [-0.25, -0.2) is 0 Å². The quantitative estimate of drug-likeness (QED) is 0.699. The summed E-state index contributed by atoms with van der Waals surface area (Å²) >= 11 is 0. The van der Waals surface area contributed by atoms with Crippen molar-refractivity contribution < 1.29 is 0 Å². The van der Waals surface area contributed by atoms with Crippen molar-refractivity contribution in [1.82, 2.24) is 10.2 Å². The zero-order chi connectivity index (χ0) is 13.4. The molecule has 18 heavy (non-hydrogen) atoms. The average Bonchev–Trinajstić information content (AvgIpc) is 2.60. The van der Waals surface area contributed by atoms with Crippen molar-refractivity contribution in [2.45, 2.75) is 65.8 Å². The maximum Gasteiger partial charge on any atom is 0.0192 e. The molecule has 108 valence electrons. The Morgan fingerprint density at radius 2 is 1.94 bits per heavy atom. The lowest BCUT2D eigenvalue weighted by Gasteiger charge is -2.28. The smallest absolute Gasteiger partial charge is 0.0192 e. The van der Waals surface area contributed by atoms with E-state index in [1.165, 1.54) is 51.7 Å². The highest BCUT2D eigenvalue weighted by Gasteiger charge is 2.21. The van der Waals surface area contributed by atoms with Crippen molar-refractivity contribution in [2.75, 3.05) is 26.2 Å². The van der Waals surface area contributed by atoms with Crippen molar-refractivity contribution in [3.8, 4) is 0 Å². The topological polar surface area (TPSA) is 15.3 Å². The molecule has 0 radical (unpaired) electrons. The van der Waals surface area contributed by atoms with E-state index in [4.69, 9.17) is 0 Å². The lowest BCUT2D eigenvalue weighted by Crippen LogP contribution is -2.41. The predicted molar refractivity (Wildman–Crippen MR) is 81.0 cm³/mol. The summed E-state index contributed by atoms with van der Waals surface area (Å²) in [4.78, 5) is 2.70. The minimum Gasteiger partial charge on any atom is -0.315 e. The molecule has 0 aromatic carbocycles.